The van der Waals surface area contributed by atoms with Crippen molar-refractivity contribution >= 4 is 28.9 Å². The van der Waals surface area contributed by atoms with Crippen LogP contribution < -0.4 is 21.5 Å². The van der Waals surface area contributed by atoms with E-state index in [1.165, 1.54) is 6.20 Å². The minimum Gasteiger partial charge on any atom is -0.385 e. The van der Waals surface area contributed by atoms with Crippen LogP contribution in [0.4, 0.5) is 17.3 Å². The van der Waals surface area contributed by atoms with Crippen molar-refractivity contribution in [1.82, 2.24) is 24.5 Å². The molecule has 0 radical (unpaired) electrons. The molecule has 194 valence electrons. The summed E-state index contributed by atoms with van der Waals surface area (Å²) >= 11 is 0. The molecule has 0 saturated carbocycles. The van der Waals surface area contributed by atoms with Crippen molar-refractivity contribution in [3.8, 4) is 0 Å². The van der Waals surface area contributed by atoms with Gasteiger partial charge in [0.1, 0.15) is 22.9 Å². The van der Waals surface area contributed by atoms with Crippen LogP contribution in [-0.2, 0) is 9.47 Å². The van der Waals surface area contributed by atoms with Crippen LogP contribution in [0.5, 0.6) is 0 Å². The van der Waals surface area contributed by atoms with Gasteiger partial charge >= 0.3 is 0 Å². The van der Waals surface area contributed by atoms with E-state index in [9.17, 15) is 9.59 Å². The average Bonchev–Trinajstić information content (AvgIpc) is 3.33. The second kappa shape index (κ2) is 12.0. The Morgan fingerprint density at radius 1 is 1.39 bits per heavy atom. The summed E-state index contributed by atoms with van der Waals surface area (Å²) in [4.78, 5) is 31.0. The third-order valence-electron chi connectivity index (χ3n) is 6.47. The first kappa shape index (κ1) is 25.6. The molecule has 4 heterocycles. The number of pyridine rings is 1. The highest BCUT2D eigenvalue weighted by molar-refractivity contribution is 6.00. The molecule has 3 aromatic heterocycles. The zero-order chi connectivity index (χ0) is 25.5. The van der Waals surface area contributed by atoms with Gasteiger partial charge in [0.15, 0.2) is 5.65 Å². The fourth-order valence-corrected chi connectivity index (χ4v) is 4.45. The summed E-state index contributed by atoms with van der Waals surface area (Å²) < 4.78 is 14.0. The number of carbonyl (C=O) groups is 1. The van der Waals surface area contributed by atoms with Gasteiger partial charge in [-0.15, -0.1) is 0 Å². The molecular formula is C25H35N7O4. The van der Waals surface area contributed by atoms with E-state index in [1.807, 2.05) is 13.0 Å². The number of carbonyl (C=O) groups excluding carboxylic acids is 1. The SMILES string of the molecule is CCC(CCCOC)NC(=O)c1cnn2c(NC)cc(Nc3cccn([C@H]4CCCOC4)c3=O)nc12. The zero-order valence-corrected chi connectivity index (χ0v) is 21.1. The Kier molecular flexibility index (Phi) is 8.55. The topological polar surface area (TPSA) is 124 Å². The Bertz CT molecular complexity index is 1230. The summed E-state index contributed by atoms with van der Waals surface area (Å²) in [7, 11) is 3.44. The molecule has 0 bridgehead atoms. The molecule has 11 nitrogen and oxygen atoms in total. The van der Waals surface area contributed by atoms with Gasteiger partial charge in [-0.1, -0.05) is 6.92 Å². The number of anilines is 3. The molecule has 0 aliphatic carbocycles. The van der Waals surface area contributed by atoms with Crippen LogP contribution in [0.1, 0.15) is 55.4 Å². The van der Waals surface area contributed by atoms with Crippen molar-refractivity contribution in [2.75, 3.05) is 44.6 Å². The van der Waals surface area contributed by atoms with E-state index in [0.717, 1.165) is 38.7 Å². The normalized spacial score (nSPS) is 16.6. The minimum absolute atomic E-state index is 0.0110. The summed E-state index contributed by atoms with van der Waals surface area (Å²) in [5.41, 5.74) is 1.02. The van der Waals surface area contributed by atoms with E-state index in [-0.39, 0.29) is 23.6 Å². The van der Waals surface area contributed by atoms with E-state index < -0.39 is 0 Å². The van der Waals surface area contributed by atoms with Crippen LogP contribution in [0.3, 0.4) is 0 Å². The molecule has 11 heteroatoms. The van der Waals surface area contributed by atoms with Crippen LogP contribution in [0.15, 0.2) is 35.4 Å². The Morgan fingerprint density at radius 3 is 2.97 bits per heavy atom. The molecule has 0 spiro atoms. The van der Waals surface area contributed by atoms with Crippen LogP contribution >= 0.6 is 0 Å². The highest BCUT2D eigenvalue weighted by atomic mass is 16.5. The number of amides is 1. The van der Waals surface area contributed by atoms with Crippen molar-refractivity contribution in [2.24, 2.45) is 0 Å². The summed E-state index contributed by atoms with van der Waals surface area (Å²) in [6, 6.07) is 5.35. The molecular weight excluding hydrogens is 462 g/mol. The number of aromatic nitrogens is 4. The first-order valence-electron chi connectivity index (χ1n) is 12.5. The van der Waals surface area contributed by atoms with Crippen LogP contribution in [0, 0.1) is 0 Å². The summed E-state index contributed by atoms with van der Waals surface area (Å²) in [6.45, 7) is 3.95. The van der Waals surface area contributed by atoms with E-state index in [2.05, 4.69) is 26.0 Å². The molecule has 1 unspecified atom stereocenters. The van der Waals surface area contributed by atoms with Crippen molar-refractivity contribution in [1.29, 1.82) is 0 Å². The zero-order valence-electron chi connectivity index (χ0n) is 21.1. The molecule has 36 heavy (non-hydrogen) atoms. The van der Waals surface area contributed by atoms with Gasteiger partial charge in [-0.05, 0) is 44.2 Å². The largest absolute Gasteiger partial charge is 0.385 e. The summed E-state index contributed by atoms with van der Waals surface area (Å²) in [5, 5.41) is 13.7. The van der Waals surface area contributed by atoms with Crippen molar-refractivity contribution in [3.63, 3.8) is 0 Å². The fraction of sp³-hybridized carbons (Fsp3) is 0.520. The van der Waals surface area contributed by atoms with E-state index in [0.29, 0.717) is 41.7 Å². The molecule has 1 aliphatic rings. The number of hydrogen-bond acceptors (Lipinski definition) is 8. The summed E-state index contributed by atoms with van der Waals surface area (Å²) in [5.74, 6) is 0.828. The van der Waals surface area contributed by atoms with Gasteiger partial charge in [0.25, 0.3) is 11.5 Å². The van der Waals surface area contributed by atoms with Gasteiger partial charge < -0.3 is 30.0 Å². The van der Waals surface area contributed by atoms with Gasteiger partial charge in [0, 0.05) is 45.7 Å². The quantitative estimate of drug-likeness (QED) is 0.346. The average molecular weight is 498 g/mol. The molecule has 0 aromatic carbocycles. The highest BCUT2D eigenvalue weighted by Crippen LogP contribution is 2.22. The Morgan fingerprint density at radius 2 is 2.25 bits per heavy atom. The third kappa shape index (κ3) is 5.68. The maximum Gasteiger partial charge on any atom is 0.274 e. The Balaban J connectivity index is 1.60. The molecule has 3 N–H and O–H groups in total. The predicted molar refractivity (Wildman–Crippen MR) is 138 cm³/mol. The van der Waals surface area contributed by atoms with Crippen molar-refractivity contribution in [3.05, 3.63) is 46.5 Å². The molecule has 1 aliphatic heterocycles. The second-order valence-electron chi connectivity index (χ2n) is 8.91. The lowest BCUT2D eigenvalue weighted by Crippen LogP contribution is -2.34. The Hall–Kier alpha value is -3.44. The number of fused-ring (bicyclic) bond motifs is 1. The first-order chi connectivity index (χ1) is 17.5. The molecule has 1 fully saturated rings. The van der Waals surface area contributed by atoms with Gasteiger partial charge in [0.05, 0.1) is 18.8 Å². The van der Waals surface area contributed by atoms with Crippen LogP contribution in [0.2, 0.25) is 0 Å². The molecule has 4 rings (SSSR count). The van der Waals surface area contributed by atoms with Crippen molar-refractivity contribution in [2.45, 2.75) is 51.1 Å². The number of nitrogens with zero attached hydrogens (tertiary/aromatic N) is 4. The maximum atomic E-state index is 13.2. The van der Waals surface area contributed by atoms with Gasteiger partial charge in [-0.25, -0.2) is 4.98 Å². The van der Waals surface area contributed by atoms with Gasteiger partial charge in [-0.2, -0.15) is 9.61 Å². The molecule has 2 atom stereocenters. The lowest BCUT2D eigenvalue weighted by molar-refractivity contribution is 0.0581. The second-order valence-corrected chi connectivity index (χ2v) is 8.91. The van der Waals surface area contributed by atoms with E-state index >= 15 is 0 Å². The maximum absolute atomic E-state index is 13.2. The molecule has 1 amide bonds. The lowest BCUT2D eigenvalue weighted by atomic mass is 10.1. The predicted octanol–water partition coefficient (Wildman–Crippen LogP) is 2.96. The fourth-order valence-electron chi connectivity index (χ4n) is 4.45. The standard InChI is InChI=1S/C25H35N7O4/c1-4-17(8-6-12-35-3)28-24(33)19-15-27-32-22(26-2)14-21(30-23(19)32)29-20-10-5-11-31(25(20)34)18-9-7-13-36-16-18/h5,10-11,14-15,17-18,26H,4,6-9,12-13,16H2,1-3H3,(H,28,33)(H,29,30)/t17?,18-/m0/s1. The number of ether oxygens (including phenoxy) is 2. The van der Waals surface area contributed by atoms with Crippen LogP contribution in [0.25, 0.3) is 5.65 Å². The number of hydrogen-bond donors (Lipinski definition) is 3. The number of rotatable bonds is 11. The van der Waals surface area contributed by atoms with E-state index in [1.54, 1.807) is 41.6 Å². The van der Waals surface area contributed by atoms with Crippen molar-refractivity contribution < 1.29 is 14.3 Å². The molecule has 3 aromatic rings. The van der Waals surface area contributed by atoms with E-state index in [4.69, 9.17) is 9.47 Å². The number of methoxy groups -OCH3 is 1. The smallest absolute Gasteiger partial charge is 0.274 e. The Labute approximate surface area is 210 Å². The monoisotopic (exact) mass is 497 g/mol. The summed E-state index contributed by atoms with van der Waals surface area (Å²) in [6.07, 6.45) is 7.63. The highest BCUT2D eigenvalue weighted by Gasteiger charge is 2.21. The molecule has 1 saturated heterocycles. The van der Waals surface area contributed by atoms with Gasteiger partial charge in [-0.3, -0.25) is 9.59 Å². The van der Waals surface area contributed by atoms with Crippen LogP contribution in [-0.4, -0.2) is 65.1 Å². The minimum atomic E-state index is -0.236. The lowest BCUT2D eigenvalue weighted by Gasteiger charge is -2.24. The first-order valence-corrected chi connectivity index (χ1v) is 12.5. The number of nitrogens with one attached hydrogen (secondary N) is 3. The van der Waals surface area contributed by atoms with Gasteiger partial charge in [0.2, 0.25) is 0 Å². The third-order valence-corrected chi connectivity index (χ3v) is 6.47.